The minimum atomic E-state index is 0.0687. The Hall–Kier alpha value is -2.17. The summed E-state index contributed by atoms with van der Waals surface area (Å²) in [5.74, 6) is 0.0687. The molecular formula is C12H14N4O. The molecule has 1 amide bonds. The van der Waals surface area contributed by atoms with Crippen LogP contribution in [0.2, 0.25) is 0 Å². The van der Waals surface area contributed by atoms with Crippen molar-refractivity contribution in [1.29, 1.82) is 0 Å². The number of aromatic amines is 1. The van der Waals surface area contributed by atoms with Crippen molar-refractivity contribution in [3.05, 3.63) is 48.0 Å². The number of pyridine rings is 1. The van der Waals surface area contributed by atoms with Crippen LogP contribution in [0.25, 0.3) is 0 Å². The lowest BCUT2D eigenvalue weighted by Crippen LogP contribution is -2.27. The first-order valence-electron chi connectivity index (χ1n) is 5.36. The molecule has 5 nitrogen and oxygen atoms in total. The number of carbonyl (C=O) groups excluding carboxylic acids is 1. The zero-order valence-electron chi connectivity index (χ0n) is 9.63. The predicted octanol–water partition coefficient (Wildman–Crippen LogP) is 1.01. The van der Waals surface area contributed by atoms with Crippen molar-refractivity contribution in [2.45, 2.75) is 13.0 Å². The fraction of sp³-hybridized carbons (Fsp3) is 0.250. The molecule has 2 aromatic heterocycles. The van der Waals surface area contributed by atoms with Gasteiger partial charge < -0.3 is 4.90 Å². The van der Waals surface area contributed by atoms with Crippen molar-refractivity contribution >= 4 is 5.91 Å². The summed E-state index contributed by atoms with van der Waals surface area (Å²) in [5, 5.41) is 6.57. The number of amides is 1. The predicted molar refractivity (Wildman–Crippen MR) is 63.0 cm³/mol. The molecule has 0 fully saturated rings. The molecule has 88 valence electrons. The second-order valence-corrected chi connectivity index (χ2v) is 3.89. The van der Waals surface area contributed by atoms with Gasteiger partial charge in [0.2, 0.25) is 5.91 Å². The van der Waals surface area contributed by atoms with E-state index in [9.17, 15) is 4.79 Å². The minimum absolute atomic E-state index is 0.0687. The van der Waals surface area contributed by atoms with Gasteiger partial charge in [0.25, 0.3) is 0 Å². The maximum absolute atomic E-state index is 11.9. The van der Waals surface area contributed by atoms with E-state index in [2.05, 4.69) is 15.2 Å². The normalized spacial score (nSPS) is 10.2. The summed E-state index contributed by atoms with van der Waals surface area (Å²) in [5.41, 5.74) is 1.92. The van der Waals surface area contributed by atoms with Crippen molar-refractivity contribution in [1.82, 2.24) is 20.1 Å². The maximum atomic E-state index is 11.9. The third kappa shape index (κ3) is 3.14. The van der Waals surface area contributed by atoms with E-state index >= 15 is 0 Å². The molecule has 5 heteroatoms. The topological polar surface area (TPSA) is 61.9 Å². The van der Waals surface area contributed by atoms with Gasteiger partial charge in [-0.3, -0.25) is 14.9 Å². The van der Waals surface area contributed by atoms with Crippen LogP contribution in [0.3, 0.4) is 0 Å². The van der Waals surface area contributed by atoms with E-state index in [1.807, 2.05) is 12.1 Å². The summed E-state index contributed by atoms with van der Waals surface area (Å²) < 4.78 is 0. The quantitative estimate of drug-likeness (QED) is 0.852. The Morgan fingerprint density at radius 3 is 2.94 bits per heavy atom. The van der Waals surface area contributed by atoms with E-state index in [-0.39, 0.29) is 5.91 Å². The summed E-state index contributed by atoms with van der Waals surface area (Å²) in [4.78, 5) is 17.6. The lowest BCUT2D eigenvalue weighted by molar-refractivity contribution is -0.129. The summed E-state index contributed by atoms with van der Waals surface area (Å²) in [6.45, 7) is 0.565. The number of H-pyrrole nitrogens is 1. The van der Waals surface area contributed by atoms with Gasteiger partial charge >= 0.3 is 0 Å². The Balaban J connectivity index is 1.92. The molecule has 2 heterocycles. The van der Waals surface area contributed by atoms with E-state index in [4.69, 9.17) is 0 Å². The van der Waals surface area contributed by atoms with Crippen LogP contribution >= 0.6 is 0 Å². The average molecular weight is 230 g/mol. The van der Waals surface area contributed by atoms with Gasteiger partial charge in [-0.1, -0.05) is 6.07 Å². The molecule has 0 spiro atoms. The molecule has 2 rings (SSSR count). The Morgan fingerprint density at radius 2 is 2.29 bits per heavy atom. The number of rotatable bonds is 4. The van der Waals surface area contributed by atoms with Crippen molar-refractivity contribution in [3.8, 4) is 0 Å². The van der Waals surface area contributed by atoms with Crippen LogP contribution in [0, 0.1) is 0 Å². The first-order valence-corrected chi connectivity index (χ1v) is 5.36. The van der Waals surface area contributed by atoms with Gasteiger partial charge in [-0.05, 0) is 11.6 Å². The molecule has 0 aliphatic carbocycles. The van der Waals surface area contributed by atoms with E-state index in [1.165, 1.54) is 0 Å². The second kappa shape index (κ2) is 5.25. The zero-order chi connectivity index (χ0) is 12.1. The van der Waals surface area contributed by atoms with Gasteiger partial charge in [-0.25, -0.2) is 0 Å². The lowest BCUT2D eigenvalue weighted by atomic mass is 10.2. The molecule has 0 saturated carbocycles. The second-order valence-electron chi connectivity index (χ2n) is 3.89. The van der Waals surface area contributed by atoms with Crippen LogP contribution in [-0.2, 0) is 17.8 Å². The Morgan fingerprint density at radius 1 is 1.41 bits per heavy atom. The van der Waals surface area contributed by atoms with Gasteiger partial charge in [0.05, 0.1) is 12.6 Å². The van der Waals surface area contributed by atoms with Gasteiger partial charge in [0, 0.05) is 37.7 Å². The monoisotopic (exact) mass is 230 g/mol. The molecule has 0 atom stereocenters. The van der Waals surface area contributed by atoms with Crippen molar-refractivity contribution in [2.24, 2.45) is 0 Å². The Bertz CT molecular complexity index is 467. The number of hydrogen-bond acceptors (Lipinski definition) is 3. The number of nitrogens with zero attached hydrogens (tertiary/aromatic N) is 3. The first kappa shape index (κ1) is 11.3. The molecule has 0 unspecified atom stereocenters. The summed E-state index contributed by atoms with van der Waals surface area (Å²) >= 11 is 0. The van der Waals surface area contributed by atoms with Crippen molar-refractivity contribution in [2.75, 3.05) is 7.05 Å². The van der Waals surface area contributed by atoms with Gasteiger partial charge in [0.15, 0.2) is 0 Å². The maximum Gasteiger partial charge on any atom is 0.227 e. The highest BCUT2D eigenvalue weighted by Crippen LogP contribution is 2.04. The highest BCUT2D eigenvalue weighted by molar-refractivity contribution is 5.78. The highest BCUT2D eigenvalue weighted by atomic mass is 16.2. The number of carbonyl (C=O) groups is 1. The van der Waals surface area contributed by atoms with E-state index in [1.54, 1.807) is 36.7 Å². The van der Waals surface area contributed by atoms with Crippen LogP contribution < -0.4 is 0 Å². The van der Waals surface area contributed by atoms with Crippen LogP contribution in [0.4, 0.5) is 0 Å². The first-order chi connectivity index (χ1) is 8.25. The SMILES string of the molecule is CN(Cc1cn[nH]c1)C(=O)Cc1cccnc1. The van der Waals surface area contributed by atoms with Crippen LogP contribution in [0.1, 0.15) is 11.1 Å². The third-order valence-electron chi connectivity index (χ3n) is 2.48. The number of nitrogens with one attached hydrogen (secondary N) is 1. The Kier molecular flexibility index (Phi) is 3.49. The van der Waals surface area contributed by atoms with Crippen LogP contribution in [-0.4, -0.2) is 33.0 Å². The summed E-state index contributed by atoms with van der Waals surface area (Å²) in [7, 11) is 1.78. The van der Waals surface area contributed by atoms with E-state index in [0.717, 1.165) is 11.1 Å². The average Bonchev–Trinajstić information content (AvgIpc) is 2.83. The molecule has 1 N–H and O–H groups in total. The zero-order valence-corrected chi connectivity index (χ0v) is 9.63. The fourth-order valence-electron chi connectivity index (χ4n) is 1.54. The fourth-order valence-corrected chi connectivity index (χ4v) is 1.54. The number of likely N-dealkylation sites (N-methyl/N-ethyl adjacent to an activating group) is 1. The molecule has 17 heavy (non-hydrogen) atoms. The molecule has 2 aromatic rings. The largest absolute Gasteiger partial charge is 0.341 e. The van der Waals surface area contributed by atoms with Crippen LogP contribution in [0.5, 0.6) is 0 Å². The van der Waals surface area contributed by atoms with Crippen molar-refractivity contribution < 1.29 is 4.79 Å². The highest BCUT2D eigenvalue weighted by Gasteiger charge is 2.10. The molecule has 0 aromatic carbocycles. The molecule has 0 radical (unpaired) electrons. The number of hydrogen-bond donors (Lipinski definition) is 1. The van der Waals surface area contributed by atoms with Crippen LogP contribution in [0.15, 0.2) is 36.9 Å². The van der Waals surface area contributed by atoms with Gasteiger partial charge in [0.1, 0.15) is 0 Å². The van der Waals surface area contributed by atoms with E-state index in [0.29, 0.717) is 13.0 Å². The third-order valence-corrected chi connectivity index (χ3v) is 2.48. The van der Waals surface area contributed by atoms with Crippen molar-refractivity contribution in [3.63, 3.8) is 0 Å². The smallest absolute Gasteiger partial charge is 0.227 e. The lowest BCUT2D eigenvalue weighted by Gasteiger charge is -2.15. The summed E-state index contributed by atoms with van der Waals surface area (Å²) in [6.07, 6.45) is 7.29. The molecule has 0 bridgehead atoms. The minimum Gasteiger partial charge on any atom is -0.341 e. The van der Waals surface area contributed by atoms with Gasteiger partial charge in [-0.15, -0.1) is 0 Å². The standard InChI is InChI=1S/C12H14N4O/c1-16(9-11-7-14-15-8-11)12(17)5-10-3-2-4-13-6-10/h2-4,6-8H,5,9H2,1H3,(H,14,15). The molecule has 0 aliphatic heterocycles. The Labute approximate surface area is 99.5 Å². The molecular weight excluding hydrogens is 216 g/mol. The molecule has 0 saturated heterocycles. The number of aromatic nitrogens is 3. The molecule has 0 aliphatic rings. The van der Waals surface area contributed by atoms with E-state index < -0.39 is 0 Å². The van der Waals surface area contributed by atoms with Gasteiger partial charge in [-0.2, -0.15) is 5.10 Å². The summed E-state index contributed by atoms with van der Waals surface area (Å²) in [6, 6.07) is 3.73.